The molecular formula is C16H24N2O3. The molecule has 2 atom stereocenters. The van der Waals surface area contributed by atoms with Crippen LogP contribution >= 0.6 is 0 Å². The molecule has 0 fully saturated rings. The van der Waals surface area contributed by atoms with Crippen LogP contribution in [-0.2, 0) is 4.79 Å². The highest BCUT2D eigenvalue weighted by Gasteiger charge is 2.16. The molecule has 5 heteroatoms. The fourth-order valence-electron chi connectivity index (χ4n) is 2.04. The molecule has 116 valence electrons. The molecule has 0 saturated carbocycles. The second-order valence-electron chi connectivity index (χ2n) is 5.40. The van der Waals surface area contributed by atoms with E-state index in [1.54, 1.807) is 0 Å². The maximum Gasteiger partial charge on any atom is 0.242 e. The zero-order valence-corrected chi connectivity index (χ0v) is 12.9. The third-order valence-corrected chi connectivity index (χ3v) is 3.53. The van der Waals surface area contributed by atoms with Crippen LogP contribution in [0.25, 0.3) is 0 Å². The first-order valence-corrected chi connectivity index (χ1v) is 7.56. The molecule has 0 bridgehead atoms. The van der Waals surface area contributed by atoms with E-state index in [1.165, 1.54) is 0 Å². The molecule has 0 saturated heterocycles. The first-order chi connectivity index (χ1) is 10.1. The molecule has 0 aromatic heterocycles. The SMILES string of the molecule is CCC(C)NC(=O)C(C)Nc1ccc2c(c1)OCCCO2. The summed E-state index contributed by atoms with van der Waals surface area (Å²) in [6.45, 7) is 7.22. The van der Waals surface area contributed by atoms with Crippen LogP contribution in [-0.4, -0.2) is 31.2 Å². The van der Waals surface area contributed by atoms with Gasteiger partial charge in [-0.3, -0.25) is 4.79 Å². The molecule has 0 radical (unpaired) electrons. The normalized spacial score (nSPS) is 16.5. The van der Waals surface area contributed by atoms with Gasteiger partial charge in [0.25, 0.3) is 0 Å². The largest absolute Gasteiger partial charge is 0.490 e. The summed E-state index contributed by atoms with van der Waals surface area (Å²) in [6.07, 6.45) is 1.80. The Morgan fingerprint density at radius 3 is 2.67 bits per heavy atom. The maximum absolute atomic E-state index is 12.0. The summed E-state index contributed by atoms with van der Waals surface area (Å²) < 4.78 is 11.2. The molecule has 1 aliphatic rings. The molecule has 1 heterocycles. The van der Waals surface area contributed by atoms with Crippen molar-refractivity contribution < 1.29 is 14.3 Å². The van der Waals surface area contributed by atoms with E-state index >= 15 is 0 Å². The van der Waals surface area contributed by atoms with Gasteiger partial charge in [-0.15, -0.1) is 0 Å². The monoisotopic (exact) mass is 292 g/mol. The molecule has 5 nitrogen and oxygen atoms in total. The van der Waals surface area contributed by atoms with E-state index in [-0.39, 0.29) is 18.0 Å². The van der Waals surface area contributed by atoms with Crippen molar-refractivity contribution in [3.05, 3.63) is 18.2 Å². The van der Waals surface area contributed by atoms with Crippen LogP contribution in [0.3, 0.4) is 0 Å². The Morgan fingerprint density at radius 2 is 1.95 bits per heavy atom. The smallest absolute Gasteiger partial charge is 0.242 e. The molecule has 2 N–H and O–H groups in total. The van der Waals surface area contributed by atoms with Gasteiger partial charge in [0, 0.05) is 24.2 Å². The van der Waals surface area contributed by atoms with Crippen molar-refractivity contribution in [3.8, 4) is 11.5 Å². The molecule has 1 amide bonds. The summed E-state index contributed by atoms with van der Waals surface area (Å²) in [5, 5.41) is 6.16. The van der Waals surface area contributed by atoms with Crippen molar-refractivity contribution >= 4 is 11.6 Å². The van der Waals surface area contributed by atoms with Crippen molar-refractivity contribution in [3.63, 3.8) is 0 Å². The first-order valence-electron chi connectivity index (χ1n) is 7.56. The standard InChI is InChI=1S/C16H24N2O3/c1-4-11(2)17-16(19)12(3)18-13-6-7-14-15(10-13)21-9-5-8-20-14/h6-7,10-12,18H,4-5,8-9H2,1-3H3,(H,17,19). The van der Waals surface area contributed by atoms with E-state index in [4.69, 9.17) is 9.47 Å². The van der Waals surface area contributed by atoms with E-state index < -0.39 is 0 Å². The van der Waals surface area contributed by atoms with Crippen molar-refractivity contribution in [1.29, 1.82) is 0 Å². The highest BCUT2D eigenvalue weighted by atomic mass is 16.5. The van der Waals surface area contributed by atoms with Crippen molar-refractivity contribution in [2.75, 3.05) is 18.5 Å². The average Bonchev–Trinajstić information content (AvgIpc) is 2.71. The number of carbonyl (C=O) groups excluding carboxylic acids is 1. The topological polar surface area (TPSA) is 59.6 Å². The summed E-state index contributed by atoms with van der Waals surface area (Å²) in [5.74, 6) is 1.48. The minimum atomic E-state index is -0.302. The van der Waals surface area contributed by atoms with E-state index in [2.05, 4.69) is 10.6 Å². The van der Waals surface area contributed by atoms with Gasteiger partial charge in [-0.2, -0.15) is 0 Å². The maximum atomic E-state index is 12.0. The summed E-state index contributed by atoms with van der Waals surface area (Å²) in [6, 6.07) is 5.55. The van der Waals surface area contributed by atoms with Crippen LogP contribution in [0.15, 0.2) is 18.2 Å². The minimum absolute atomic E-state index is 0.00328. The number of carbonyl (C=O) groups is 1. The lowest BCUT2D eigenvalue weighted by atomic mass is 10.2. The van der Waals surface area contributed by atoms with Gasteiger partial charge in [-0.1, -0.05) is 6.92 Å². The lowest BCUT2D eigenvalue weighted by Crippen LogP contribution is -2.41. The number of hydrogen-bond donors (Lipinski definition) is 2. The lowest BCUT2D eigenvalue weighted by Gasteiger charge is -2.19. The molecule has 21 heavy (non-hydrogen) atoms. The molecule has 2 unspecified atom stereocenters. The second-order valence-corrected chi connectivity index (χ2v) is 5.40. The molecular weight excluding hydrogens is 268 g/mol. The summed E-state index contributed by atoms with van der Waals surface area (Å²) in [4.78, 5) is 12.0. The zero-order chi connectivity index (χ0) is 15.2. The molecule has 1 aromatic carbocycles. The Hall–Kier alpha value is -1.91. The fraction of sp³-hybridized carbons (Fsp3) is 0.562. The van der Waals surface area contributed by atoms with Gasteiger partial charge in [-0.25, -0.2) is 0 Å². The summed E-state index contributed by atoms with van der Waals surface area (Å²) in [5.41, 5.74) is 0.853. The lowest BCUT2D eigenvalue weighted by molar-refractivity contribution is -0.122. The quantitative estimate of drug-likeness (QED) is 0.875. The van der Waals surface area contributed by atoms with Gasteiger partial charge >= 0.3 is 0 Å². The van der Waals surface area contributed by atoms with Crippen LogP contribution in [0.5, 0.6) is 11.5 Å². The fourth-order valence-corrected chi connectivity index (χ4v) is 2.04. The number of hydrogen-bond acceptors (Lipinski definition) is 4. The summed E-state index contributed by atoms with van der Waals surface area (Å²) in [7, 11) is 0. The predicted octanol–water partition coefficient (Wildman–Crippen LogP) is 2.56. The van der Waals surface area contributed by atoms with Crippen LogP contribution < -0.4 is 20.1 Å². The third kappa shape index (κ3) is 4.28. The van der Waals surface area contributed by atoms with Gasteiger partial charge in [0.2, 0.25) is 5.91 Å². The van der Waals surface area contributed by atoms with Gasteiger partial charge in [0.05, 0.1) is 13.2 Å². The number of ether oxygens (including phenoxy) is 2. The second kappa shape index (κ2) is 7.20. The van der Waals surface area contributed by atoms with Gasteiger partial charge in [0.15, 0.2) is 11.5 Å². The first kappa shape index (κ1) is 15.5. The number of rotatable bonds is 5. The zero-order valence-electron chi connectivity index (χ0n) is 12.9. The van der Waals surface area contributed by atoms with Crippen LogP contribution in [0.1, 0.15) is 33.6 Å². The van der Waals surface area contributed by atoms with Crippen molar-refractivity contribution in [2.45, 2.75) is 45.7 Å². The Balaban J connectivity index is 1.99. The molecule has 0 aliphatic carbocycles. The average molecular weight is 292 g/mol. The van der Waals surface area contributed by atoms with E-state index in [0.717, 1.165) is 30.0 Å². The third-order valence-electron chi connectivity index (χ3n) is 3.53. The highest BCUT2D eigenvalue weighted by Crippen LogP contribution is 2.32. The van der Waals surface area contributed by atoms with Crippen molar-refractivity contribution in [2.24, 2.45) is 0 Å². The van der Waals surface area contributed by atoms with Crippen LogP contribution in [0.4, 0.5) is 5.69 Å². The molecule has 0 spiro atoms. The van der Waals surface area contributed by atoms with E-state index in [1.807, 2.05) is 39.0 Å². The van der Waals surface area contributed by atoms with Crippen LogP contribution in [0, 0.1) is 0 Å². The summed E-state index contributed by atoms with van der Waals surface area (Å²) >= 11 is 0. The van der Waals surface area contributed by atoms with Gasteiger partial charge in [-0.05, 0) is 32.4 Å². The Morgan fingerprint density at radius 1 is 1.24 bits per heavy atom. The molecule has 2 rings (SSSR count). The Labute approximate surface area is 126 Å². The number of nitrogens with one attached hydrogen (secondary N) is 2. The van der Waals surface area contributed by atoms with Gasteiger partial charge in [0.1, 0.15) is 6.04 Å². The minimum Gasteiger partial charge on any atom is -0.490 e. The number of amides is 1. The van der Waals surface area contributed by atoms with Crippen molar-refractivity contribution in [1.82, 2.24) is 5.32 Å². The highest BCUT2D eigenvalue weighted by molar-refractivity contribution is 5.84. The van der Waals surface area contributed by atoms with E-state index in [0.29, 0.717) is 13.2 Å². The number of anilines is 1. The molecule has 1 aliphatic heterocycles. The van der Waals surface area contributed by atoms with Gasteiger partial charge < -0.3 is 20.1 Å². The Kier molecular flexibility index (Phi) is 5.31. The Bertz CT molecular complexity index is 490. The number of fused-ring (bicyclic) bond motifs is 1. The molecule has 1 aromatic rings. The van der Waals surface area contributed by atoms with Crippen LogP contribution in [0.2, 0.25) is 0 Å². The predicted molar refractivity (Wildman–Crippen MR) is 83.0 cm³/mol. The van der Waals surface area contributed by atoms with E-state index in [9.17, 15) is 4.79 Å². The number of benzene rings is 1.